The molecule has 2 amide bonds. The van der Waals surface area contributed by atoms with Crippen LogP contribution in [0.1, 0.15) is 20.3 Å². The third-order valence-electron chi connectivity index (χ3n) is 4.26. The van der Waals surface area contributed by atoms with Crippen LogP contribution in [0.4, 0.5) is 5.69 Å². The Morgan fingerprint density at radius 1 is 1.00 bits per heavy atom. The second kappa shape index (κ2) is 8.04. The van der Waals surface area contributed by atoms with Crippen LogP contribution in [0.15, 0.2) is 54.6 Å². The lowest BCUT2D eigenvalue weighted by atomic mass is 10.2. The Labute approximate surface area is 153 Å². The fourth-order valence-corrected chi connectivity index (χ4v) is 2.71. The predicted molar refractivity (Wildman–Crippen MR) is 101 cm³/mol. The Balaban J connectivity index is 1.60. The molecule has 5 nitrogen and oxygen atoms in total. The molecule has 2 unspecified atom stereocenters. The predicted octanol–water partition coefficient (Wildman–Crippen LogP) is 3.83. The maximum Gasteiger partial charge on any atom is 0.228 e. The number of carbonyl (C=O) groups is 2. The Kier molecular flexibility index (Phi) is 5.56. The lowest BCUT2D eigenvalue weighted by molar-refractivity contribution is -0.125. The summed E-state index contributed by atoms with van der Waals surface area (Å²) in [5, 5.41) is 5.79. The molecule has 1 fully saturated rings. The fourth-order valence-electron chi connectivity index (χ4n) is 2.71. The average Bonchev–Trinajstić information content (AvgIpc) is 3.43. The molecule has 5 heteroatoms. The molecule has 0 radical (unpaired) electrons. The van der Waals surface area contributed by atoms with Gasteiger partial charge in [0, 0.05) is 6.54 Å². The molecule has 2 aromatic carbocycles. The molecular weight excluding hydrogens is 328 g/mol. The number of benzene rings is 2. The molecule has 0 aromatic heterocycles. The van der Waals surface area contributed by atoms with E-state index in [1.54, 1.807) is 6.07 Å². The first-order chi connectivity index (χ1) is 12.5. The van der Waals surface area contributed by atoms with Crippen molar-refractivity contribution in [3.63, 3.8) is 0 Å². The highest BCUT2D eigenvalue weighted by Gasteiger charge is 2.48. The zero-order valence-corrected chi connectivity index (χ0v) is 15.1. The molecule has 1 aliphatic rings. The van der Waals surface area contributed by atoms with Crippen molar-refractivity contribution < 1.29 is 14.3 Å². The Morgan fingerprint density at radius 3 is 2.38 bits per heavy atom. The van der Waals surface area contributed by atoms with E-state index in [1.165, 1.54) is 0 Å². The Bertz CT molecular complexity index is 774. The van der Waals surface area contributed by atoms with Gasteiger partial charge in [0.2, 0.25) is 11.8 Å². The third kappa shape index (κ3) is 4.63. The van der Waals surface area contributed by atoms with Crippen LogP contribution in [0.25, 0.3) is 0 Å². The first kappa shape index (κ1) is 18.0. The second-order valence-electron chi connectivity index (χ2n) is 6.99. The van der Waals surface area contributed by atoms with Gasteiger partial charge in [0.1, 0.15) is 5.75 Å². The summed E-state index contributed by atoms with van der Waals surface area (Å²) < 4.78 is 5.86. The fraction of sp³-hybridized carbons (Fsp3) is 0.333. The van der Waals surface area contributed by atoms with E-state index in [0.29, 0.717) is 36.1 Å². The van der Waals surface area contributed by atoms with Crippen LogP contribution in [0.3, 0.4) is 0 Å². The van der Waals surface area contributed by atoms with Gasteiger partial charge in [-0.25, -0.2) is 0 Å². The second-order valence-corrected chi connectivity index (χ2v) is 6.99. The molecular formula is C21H24N2O3. The zero-order chi connectivity index (χ0) is 18.5. The molecule has 26 heavy (non-hydrogen) atoms. The number of nitrogens with one attached hydrogen (secondary N) is 2. The summed E-state index contributed by atoms with van der Waals surface area (Å²) in [5.41, 5.74) is 0.606. The lowest BCUT2D eigenvalue weighted by Crippen LogP contribution is -2.30. The van der Waals surface area contributed by atoms with E-state index < -0.39 is 0 Å². The molecule has 0 aliphatic heterocycles. The van der Waals surface area contributed by atoms with Gasteiger partial charge in [-0.3, -0.25) is 9.59 Å². The summed E-state index contributed by atoms with van der Waals surface area (Å²) in [6.07, 6.45) is 0.595. The highest BCUT2D eigenvalue weighted by atomic mass is 16.5. The molecule has 0 heterocycles. The van der Waals surface area contributed by atoms with Crippen molar-refractivity contribution >= 4 is 17.5 Å². The maximum atomic E-state index is 12.5. The van der Waals surface area contributed by atoms with Crippen molar-refractivity contribution in [1.82, 2.24) is 5.32 Å². The van der Waals surface area contributed by atoms with Crippen LogP contribution in [0.2, 0.25) is 0 Å². The van der Waals surface area contributed by atoms with Crippen LogP contribution in [-0.2, 0) is 9.59 Å². The SMILES string of the molecule is CC(C)CNC(=O)C1CC1C(=O)Nc1ccccc1Oc1ccccc1. The van der Waals surface area contributed by atoms with Gasteiger partial charge in [0.05, 0.1) is 17.5 Å². The van der Waals surface area contributed by atoms with Crippen LogP contribution in [0.5, 0.6) is 11.5 Å². The molecule has 2 atom stereocenters. The first-order valence-electron chi connectivity index (χ1n) is 8.95. The summed E-state index contributed by atoms with van der Waals surface area (Å²) >= 11 is 0. The minimum atomic E-state index is -0.271. The lowest BCUT2D eigenvalue weighted by Gasteiger charge is -2.12. The third-order valence-corrected chi connectivity index (χ3v) is 4.26. The molecule has 1 saturated carbocycles. The topological polar surface area (TPSA) is 67.4 Å². The molecule has 2 aromatic rings. The number of amides is 2. The highest BCUT2D eigenvalue weighted by molar-refractivity contribution is 6.00. The van der Waals surface area contributed by atoms with Crippen molar-refractivity contribution in [2.24, 2.45) is 17.8 Å². The molecule has 2 N–H and O–H groups in total. The van der Waals surface area contributed by atoms with Gasteiger partial charge < -0.3 is 15.4 Å². The summed E-state index contributed by atoms with van der Waals surface area (Å²) in [4.78, 5) is 24.6. The minimum absolute atomic E-state index is 0.0346. The van der Waals surface area contributed by atoms with E-state index in [1.807, 2.05) is 62.4 Å². The Morgan fingerprint density at radius 2 is 1.65 bits per heavy atom. The van der Waals surface area contributed by atoms with Crippen molar-refractivity contribution in [2.75, 3.05) is 11.9 Å². The summed E-state index contributed by atoms with van der Waals surface area (Å²) in [5.74, 6) is 1.00. The normalized spacial score (nSPS) is 18.3. The van der Waals surface area contributed by atoms with Crippen molar-refractivity contribution in [3.8, 4) is 11.5 Å². The number of anilines is 1. The monoisotopic (exact) mass is 352 g/mol. The smallest absolute Gasteiger partial charge is 0.228 e. The van der Waals surface area contributed by atoms with E-state index in [4.69, 9.17) is 4.74 Å². The van der Waals surface area contributed by atoms with Gasteiger partial charge in [-0.05, 0) is 36.6 Å². The van der Waals surface area contributed by atoms with Crippen LogP contribution >= 0.6 is 0 Å². The quantitative estimate of drug-likeness (QED) is 0.796. The van der Waals surface area contributed by atoms with Crippen molar-refractivity contribution in [3.05, 3.63) is 54.6 Å². The molecule has 1 aliphatic carbocycles. The van der Waals surface area contributed by atoms with E-state index in [-0.39, 0.29) is 23.7 Å². The highest BCUT2D eigenvalue weighted by Crippen LogP contribution is 2.40. The number of carbonyl (C=O) groups excluding carboxylic acids is 2. The number of ether oxygens (including phenoxy) is 1. The van der Waals surface area contributed by atoms with Gasteiger partial charge in [-0.1, -0.05) is 44.2 Å². The van der Waals surface area contributed by atoms with Crippen molar-refractivity contribution in [1.29, 1.82) is 0 Å². The summed E-state index contributed by atoms with van der Waals surface area (Å²) in [6.45, 7) is 4.72. The van der Waals surface area contributed by atoms with Crippen LogP contribution in [-0.4, -0.2) is 18.4 Å². The van der Waals surface area contributed by atoms with Gasteiger partial charge in [-0.15, -0.1) is 0 Å². The average molecular weight is 352 g/mol. The number of rotatable bonds is 7. The van der Waals surface area contributed by atoms with E-state index >= 15 is 0 Å². The van der Waals surface area contributed by atoms with Gasteiger partial charge in [0.15, 0.2) is 5.75 Å². The van der Waals surface area contributed by atoms with E-state index in [2.05, 4.69) is 10.6 Å². The molecule has 0 saturated heterocycles. The maximum absolute atomic E-state index is 12.5. The van der Waals surface area contributed by atoms with Gasteiger partial charge >= 0.3 is 0 Å². The van der Waals surface area contributed by atoms with Crippen LogP contribution in [0, 0.1) is 17.8 Å². The zero-order valence-electron chi connectivity index (χ0n) is 15.1. The Hall–Kier alpha value is -2.82. The van der Waals surface area contributed by atoms with Crippen molar-refractivity contribution in [2.45, 2.75) is 20.3 Å². The number of hydrogen-bond acceptors (Lipinski definition) is 3. The minimum Gasteiger partial charge on any atom is -0.455 e. The number of hydrogen-bond donors (Lipinski definition) is 2. The summed E-state index contributed by atoms with van der Waals surface area (Å²) in [7, 11) is 0. The van der Waals surface area contributed by atoms with E-state index in [0.717, 1.165) is 0 Å². The molecule has 0 bridgehead atoms. The largest absolute Gasteiger partial charge is 0.455 e. The van der Waals surface area contributed by atoms with Gasteiger partial charge in [-0.2, -0.15) is 0 Å². The number of para-hydroxylation sites is 3. The van der Waals surface area contributed by atoms with E-state index in [9.17, 15) is 9.59 Å². The standard InChI is InChI=1S/C21H24N2O3/c1-14(2)13-22-20(24)16-12-17(16)21(25)23-18-10-6-7-11-19(18)26-15-8-4-3-5-9-15/h3-11,14,16-17H,12-13H2,1-2H3,(H,22,24)(H,23,25). The summed E-state index contributed by atoms with van der Waals surface area (Å²) in [6, 6.07) is 16.7. The molecule has 0 spiro atoms. The molecule has 3 rings (SSSR count). The van der Waals surface area contributed by atoms with Crippen LogP contribution < -0.4 is 15.4 Å². The first-order valence-corrected chi connectivity index (χ1v) is 8.95. The van der Waals surface area contributed by atoms with Gasteiger partial charge in [0.25, 0.3) is 0 Å². The molecule has 136 valence electrons.